The molecule has 514 valence electrons. The summed E-state index contributed by atoms with van der Waals surface area (Å²) in [5, 5.41) is 20.2. The summed E-state index contributed by atoms with van der Waals surface area (Å²) >= 11 is 3.01. The van der Waals surface area contributed by atoms with Gasteiger partial charge in [-0.1, -0.05) is 72.2 Å². The van der Waals surface area contributed by atoms with Gasteiger partial charge in [-0.15, -0.1) is 35.7 Å². The molecule has 15 nitrogen and oxygen atoms in total. The molecule has 0 saturated carbocycles. The van der Waals surface area contributed by atoms with Crippen molar-refractivity contribution in [3.05, 3.63) is 330 Å². The van der Waals surface area contributed by atoms with Crippen molar-refractivity contribution in [1.29, 1.82) is 0 Å². The Labute approximate surface area is 618 Å². The minimum absolute atomic E-state index is 0. The Morgan fingerprint density at radius 3 is 1.41 bits per heavy atom. The second-order valence-corrected chi connectivity index (χ2v) is 25.3. The van der Waals surface area contributed by atoms with Crippen LogP contribution in [-0.2, 0) is 21.1 Å². The first-order valence-electron chi connectivity index (χ1n) is 33.0. The molecule has 0 fully saturated rings. The summed E-state index contributed by atoms with van der Waals surface area (Å²) in [6.45, 7) is 12.0. The van der Waals surface area contributed by atoms with Crippen molar-refractivity contribution in [3.63, 3.8) is 0 Å². The second-order valence-electron chi connectivity index (χ2n) is 24.5. The number of benzene rings is 9. The minimum atomic E-state index is -0.348. The van der Waals surface area contributed by atoms with Crippen molar-refractivity contribution in [2.75, 3.05) is 0 Å². The Morgan fingerprint density at radius 1 is 0.365 bits per heavy atom. The number of H-pyrrole nitrogens is 1. The minimum Gasteiger partial charge on any atom is -0.509 e. The monoisotopic (exact) mass is 1620 g/mol. The predicted octanol–water partition coefficient (Wildman–Crippen LogP) is 21.3. The number of hydrogen-bond acceptors (Lipinski definition) is 9. The van der Waals surface area contributed by atoms with Gasteiger partial charge in [0, 0.05) is 122 Å². The van der Waals surface area contributed by atoms with Crippen LogP contribution in [0, 0.1) is 71.1 Å². The van der Waals surface area contributed by atoms with E-state index in [2.05, 4.69) is 107 Å². The molecule has 18 aromatic rings. The molecule has 0 aliphatic carbocycles. The van der Waals surface area contributed by atoms with Crippen molar-refractivity contribution < 1.29 is 48.4 Å². The molecule has 0 radical (unpaired) electrons. The third-order valence-corrected chi connectivity index (χ3v) is 17.5. The molecule has 0 aliphatic rings. The van der Waals surface area contributed by atoms with Gasteiger partial charge in [-0.05, 0) is 172 Å². The summed E-state index contributed by atoms with van der Waals surface area (Å²) in [5.74, 6) is 4.11. The van der Waals surface area contributed by atoms with Crippen LogP contribution in [0.25, 0.3) is 94.1 Å². The van der Waals surface area contributed by atoms with E-state index in [1.165, 1.54) is 65.8 Å². The van der Waals surface area contributed by atoms with Gasteiger partial charge in [0.15, 0.2) is 0 Å². The zero-order chi connectivity index (χ0) is 70.8. The third-order valence-electron chi connectivity index (χ3n) is 17.1. The molecule has 0 spiro atoms. The summed E-state index contributed by atoms with van der Waals surface area (Å²) in [4.78, 5) is 16.0. The molecule has 0 amide bonds. The Morgan fingerprint density at radius 2 is 0.837 bits per heavy atom. The number of halogens is 4. The summed E-state index contributed by atoms with van der Waals surface area (Å²) in [6, 6.07) is 82.8. The van der Waals surface area contributed by atoms with E-state index in [4.69, 9.17) is 14.2 Å². The number of hydrogen-bond donors (Lipinski definition) is 1. The SMILES string of the molecule is Cc1cc(C)n(-c2[c-]c(Oc3[c-]c4c(cc3)c3ccccc3n4-c3cc(F)ccn3)ccc2)n1.Cc1cc(C)n(-c2cccc(Oc3ccc4c(c3)[nH]c3ccccc34)c2)n1.Cc1cc(C)n(-c2cccc(Oc3ccc4c5ccccc5n(-c5cc(F)ccn5)c4c3)c2)n1.Fc1ccnc(Br)c1.[Pt+2]. The molecule has 104 heavy (non-hydrogen) atoms. The fourth-order valence-corrected chi connectivity index (χ4v) is 13.1. The fraction of sp³-hybridized carbons (Fsp3) is 0.0714. The van der Waals surface area contributed by atoms with Gasteiger partial charge in [-0.2, -0.15) is 27.4 Å². The maximum absolute atomic E-state index is 14.0. The average Bonchev–Trinajstić information content (AvgIpc) is 1.59. The number of ether oxygens (including phenoxy) is 3. The van der Waals surface area contributed by atoms with Crippen LogP contribution < -0.4 is 14.2 Å². The Balaban J connectivity index is 0.000000125. The molecule has 18 rings (SSSR count). The van der Waals surface area contributed by atoms with Crippen molar-refractivity contribution in [2.24, 2.45) is 0 Å². The van der Waals surface area contributed by atoms with Gasteiger partial charge in [0.2, 0.25) is 0 Å². The largest absolute Gasteiger partial charge is 2.00 e. The van der Waals surface area contributed by atoms with Gasteiger partial charge in [-0.3, -0.25) is 9.25 Å². The van der Waals surface area contributed by atoms with Gasteiger partial charge in [0.05, 0.1) is 45.0 Å². The summed E-state index contributed by atoms with van der Waals surface area (Å²) in [5.41, 5.74) is 14.5. The van der Waals surface area contributed by atoms with Gasteiger partial charge < -0.3 is 23.8 Å². The first-order chi connectivity index (χ1) is 50.1. The molecule has 20 heteroatoms. The molecule has 0 aliphatic heterocycles. The summed E-state index contributed by atoms with van der Waals surface area (Å²) in [6.07, 6.45) is 4.35. The third kappa shape index (κ3) is 14.7. The zero-order valence-corrected chi connectivity index (χ0v) is 60.7. The fourth-order valence-electron chi connectivity index (χ4n) is 12.8. The van der Waals surface area contributed by atoms with Crippen LogP contribution in [0.5, 0.6) is 34.5 Å². The number of pyridine rings is 3. The summed E-state index contributed by atoms with van der Waals surface area (Å²) < 4.78 is 68.8. The van der Waals surface area contributed by atoms with Crippen LogP contribution in [0.1, 0.15) is 34.2 Å². The second kappa shape index (κ2) is 29.8. The number of aromatic amines is 1. The molecule has 0 unspecified atom stereocenters. The van der Waals surface area contributed by atoms with E-state index in [1.807, 2.05) is 228 Å². The Kier molecular flexibility index (Phi) is 19.7. The first-order valence-corrected chi connectivity index (χ1v) is 33.8. The normalized spacial score (nSPS) is 11.1. The van der Waals surface area contributed by atoms with Crippen molar-refractivity contribution in [2.45, 2.75) is 41.5 Å². The predicted molar refractivity (Wildman–Crippen MR) is 402 cm³/mol. The van der Waals surface area contributed by atoms with E-state index in [0.29, 0.717) is 39.2 Å². The molecule has 9 heterocycles. The molecule has 1 N–H and O–H groups in total. The van der Waals surface area contributed by atoms with E-state index < -0.39 is 0 Å². The number of nitrogens with one attached hydrogen (secondary N) is 1. The van der Waals surface area contributed by atoms with Crippen molar-refractivity contribution in [3.8, 4) is 63.2 Å². The van der Waals surface area contributed by atoms with E-state index in [-0.39, 0.29) is 38.5 Å². The molecular weight excluding hydrogens is 1560 g/mol. The topological polar surface area (TPSA) is 145 Å². The molecular formula is C84H62BrF3N12O3Pt. The zero-order valence-electron chi connectivity index (χ0n) is 56.8. The van der Waals surface area contributed by atoms with Crippen LogP contribution in [0.2, 0.25) is 0 Å². The molecule has 9 aromatic carbocycles. The van der Waals surface area contributed by atoms with E-state index in [1.54, 1.807) is 0 Å². The average molecular weight is 1620 g/mol. The molecule has 9 aromatic heterocycles. The van der Waals surface area contributed by atoms with Crippen molar-refractivity contribution in [1.82, 2.24) is 58.4 Å². The number of aryl methyl sites for hydroxylation is 6. The smallest absolute Gasteiger partial charge is 0.509 e. The number of para-hydroxylation sites is 3. The number of fused-ring (bicyclic) bond motifs is 9. The maximum atomic E-state index is 14.0. The molecule has 0 saturated heterocycles. The van der Waals surface area contributed by atoms with Gasteiger partial charge in [0.1, 0.15) is 56.7 Å². The van der Waals surface area contributed by atoms with Crippen LogP contribution in [0.15, 0.2) is 266 Å². The number of nitrogens with zero attached hydrogens (tertiary/aromatic N) is 11. The standard InChI is InChI=1S/C28H21FN4O.C28H19FN4O.C23H19N3O.C5H3BrFN.Pt/c2*1-18-14-19(2)33(31-18)21-6-5-7-22(16-21)34-23-10-11-25-24-8-3-4-9-26(24)32(27(25)17-23)28-15-20(29)12-13-30-28;1-15-12-16(2)26(25-15)17-6-5-7-18(13-17)27-19-10-11-21-20-8-3-4-9-22(20)24-23(21)14-19;6-5-3-4(7)1-2-8-5;/h3-17H,1-2H3;3-15H,1-2H3;3-14,24H,1-2H3;1-3H;/q;-2;;;+2. The molecule has 0 bridgehead atoms. The van der Waals surface area contributed by atoms with E-state index in [9.17, 15) is 13.2 Å². The van der Waals surface area contributed by atoms with Crippen LogP contribution in [0.3, 0.4) is 0 Å². The van der Waals surface area contributed by atoms with E-state index in [0.717, 1.165) is 117 Å². The number of aromatic nitrogens is 12. The molecule has 0 atom stereocenters. The summed E-state index contributed by atoms with van der Waals surface area (Å²) in [7, 11) is 0. The number of rotatable bonds is 11. The van der Waals surface area contributed by atoms with Crippen LogP contribution >= 0.6 is 15.9 Å². The Hall–Kier alpha value is -12.2. The van der Waals surface area contributed by atoms with Crippen molar-refractivity contribution >= 4 is 81.3 Å². The Bertz CT molecular complexity index is 5930. The quantitative estimate of drug-likeness (QED) is 0.0988. The van der Waals surface area contributed by atoms with Gasteiger partial charge >= 0.3 is 21.1 Å². The van der Waals surface area contributed by atoms with Crippen LogP contribution in [0.4, 0.5) is 13.2 Å². The van der Waals surface area contributed by atoms with Gasteiger partial charge in [0.25, 0.3) is 0 Å². The van der Waals surface area contributed by atoms with E-state index >= 15 is 0 Å². The van der Waals surface area contributed by atoms with Gasteiger partial charge in [-0.25, -0.2) is 37.5 Å². The first kappa shape index (κ1) is 68.9. The maximum Gasteiger partial charge on any atom is 2.00 e. The van der Waals surface area contributed by atoms with Crippen LogP contribution in [-0.4, -0.2) is 58.4 Å².